The summed E-state index contributed by atoms with van der Waals surface area (Å²) in [6.45, 7) is 3.50. The number of rotatable bonds is 9. The minimum atomic E-state index is -0.340. The van der Waals surface area contributed by atoms with Crippen LogP contribution in [0.25, 0.3) is 11.4 Å². The molecule has 3 rings (SSSR count). The number of amides is 1. The summed E-state index contributed by atoms with van der Waals surface area (Å²) in [5, 5.41) is 7.37. The van der Waals surface area contributed by atoms with Crippen molar-refractivity contribution in [3.05, 3.63) is 54.4 Å². The van der Waals surface area contributed by atoms with Crippen LogP contribution in [0.1, 0.15) is 24.5 Å². The Bertz CT molecular complexity index is 913. The second-order valence-electron chi connectivity index (χ2n) is 6.45. The van der Waals surface area contributed by atoms with Crippen LogP contribution >= 0.6 is 24.8 Å². The number of halogens is 2. The second-order valence-corrected chi connectivity index (χ2v) is 6.45. The van der Waals surface area contributed by atoms with E-state index in [1.807, 2.05) is 41.8 Å². The maximum atomic E-state index is 12.5. The van der Waals surface area contributed by atoms with Crippen LogP contribution in [0.3, 0.4) is 0 Å². The molecule has 1 amide bonds. The van der Waals surface area contributed by atoms with Crippen molar-refractivity contribution in [3.8, 4) is 11.4 Å². The number of nitrogens with two attached hydrogens (primary N) is 1. The van der Waals surface area contributed by atoms with Crippen molar-refractivity contribution in [2.75, 3.05) is 13.7 Å². The highest BCUT2D eigenvalue weighted by molar-refractivity contribution is 5.85. The Balaban J connectivity index is 0.00000225. The zero-order chi connectivity index (χ0) is 19.9. The van der Waals surface area contributed by atoms with E-state index in [0.29, 0.717) is 31.3 Å². The molecule has 1 aromatic carbocycles. The van der Waals surface area contributed by atoms with Gasteiger partial charge in [0.25, 0.3) is 0 Å². The first-order chi connectivity index (χ1) is 13.6. The molecule has 1 atom stereocenters. The molecule has 0 spiro atoms. The molecule has 0 fully saturated rings. The average Bonchev–Trinajstić information content (AvgIpc) is 3.32. The summed E-state index contributed by atoms with van der Waals surface area (Å²) in [6, 6.07) is 9.27. The van der Waals surface area contributed by atoms with Gasteiger partial charge >= 0.3 is 0 Å². The summed E-state index contributed by atoms with van der Waals surface area (Å²) in [5.41, 5.74) is 7.80. The third kappa shape index (κ3) is 6.53. The van der Waals surface area contributed by atoms with Crippen LogP contribution in [0.4, 0.5) is 0 Å². The molecule has 9 nitrogen and oxygen atoms in total. The Morgan fingerprint density at radius 1 is 1.27 bits per heavy atom. The fraction of sp³-hybridized carbons (Fsp3) is 0.368. The number of carbonyl (C=O) groups excluding carboxylic acids is 1. The van der Waals surface area contributed by atoms with E-state index in [1.54, 1.807) is 24.3 Å². The lowest BCUT2D eigenvalue weighted by Crippen LogP contribution is -2.30. The Labute approximate surface area is 187 Å². The predicted octanol–water partition coefficient (Wildman–Crippen LogP) is 1.97. The molecule has 164 valence electrons. The highest BCUT2D eigenvalue weighted by Gasteiger charge is 2.17. The third-order valence-corrected chi connectivity index (χ3v) is 4.23. The largest absolute Gasteiger partial charge is 0.383 e. The van der Waals surface area contributed by atoms with Gasteiger partial charge < -0.3 is 20.4 Å². The first kappa shape index (κ1) is 25.6. The van der Waals surface area contributed by atoms with Gasteiger partial charge in [0.1, 0.15) is 12.4 Å². The predicted molar refractivity (Wildman–Crippen MR) is 119 cm³/mol. The summed E-state index contributed by atoms with van der Waals surface area (Å²) < 4.78 is 8.59. The number of imidazole rings is 1. The lowest BCUT2D eigenvalue weighted by Gasteiger charge is -2.10. The van der Waals surface area contributed by atoms with Crippen molar-refractivity contribution in [1.82, 2.24) is 29.6 Å². The lowest BCUT2D eigenvalue weighted by atomic mass is 10.2. The van der Waals surface area contributed by atoms with E-state index in [4.69, 9.17) is 10.5 Å². The number of benzene rings is 1. The summed E-state index contributed by atoms with van der Waals surface area (Å²) in [4.78, 5) is 21.1. The van der Waals surface area contributed by atoms with Gasteiger partial charge in [-0.05, 0) is 6.92 Å². The van der Waals surface area contributed by atoms with Crippen molar-refractivity contribution in [2.24, 2.45) is 5.73 Å². The third-order valence-electron chi connectivity index (χ3n) is 4.23. The normalized spacial score (nSPS) is 11.3. The van der Waals surface area contributed by atoms with Crippen LogP contribution in [-0.2, 0) is 29.2 Å². The maximum absolute atomic E-state index is 12.5. The molecule has 0 radical (unpaired) electrons. The first-order valence-corrected chi connectivity index (χ1v) is 9.09. The smallest absolute Gasteiger partial charge is 0.242 e. The fourth-order valence-corrected chi connectivity index (χ4v) is 2.78. The number of hydrogen-bond acceptors (Lipinski definition) is 6. The fourth-order valence-electron chi connectivity index (χ4n) is 2.78. The molecule has 0 unspecified atom stereocenters. The van der Waals surface area contributed by atoms with Gasteiger partial charge in [0, 0.05) is 25.4 Å². The second kappa shape index (κ2) is 12.3. The molecular formula is C19H27Cl2N7O2. The Hall–Kier alpha value is -2.46. The van der Waals surface area contributed by atoms with Gasteiger partial charge in [0.15, 0.2) is 5.82 Å². The number of methoxy groups -OCH3 is 1. The average molecular weight is 456 g/mol. The van der Waals surface area contributed by atoms with Crippen molar-refractivity contribution < 1.29 is 9.53 Å². The summed E-state index contributed by atoms with van der Waals surface area (Å²) in [6.07, 6.45) is 3.45. The Kier molecular flexibility index (Phi) is 10.5. The topological polar surface area (TPSA) is 113 Å². The monoisotopic (exact) mass is 455 g/mol. The minimum absolute atomic E-state index is 0. The maximum Gasteiger partial charge on any atom is 0.242 e. The molecule has 0 bridgehead atoms. The van der Waals surface area contributed by atoms with Crippen molar-refractivity contribution in [1.29, 1.82) is 0 Å². The molecule has 30 heavy (non-hydrogen) atoms. The van der Waals surface area contributed by atoms with E-state index in [1.165, 1.54) is 0 Å². The van der Waals surface area contributed by atoms with E-state index in [9.17, 15) is 4.79 Å². The first-order valence-electron chi connectivity index (χ1n) is 9.09. The van der Waals surface area contributed by atoms with Crippen LogP contribution in [0.15, 0.2) is 42.9 Å². The standard InChI is InChI=1S/C19H25N7O2.2ClH/c1-14(20)19-23-18(15-6-4-3-5-7-15)24-26(19)12-17(27)22-11-16-10-21-13-25(16)8-9-28-2;;/h3-7,10,13-14H,8-9,11-12,20H2,1-2H3,(H,22,27);2*1H/t14-;;/m0../s1. The quantitative estimate of drug-likeness (QED) is 0.509. The Morgan fingerprint density at radius 3 is 2.67 bits per heavy atom. The van der Waals surface area contributed by atoms with Gasteiger partial charge in [0.05, 0.1) is 31.2 Å². The molecule has 11 heteroatoms. The SMILES string of the molecule is COCCn1cncc1CNC(=O)Cn1nc(-c2ccccc2)nc1[C@H](C)N.Cl.Cl. The summed E-state index contributed by atoms with van der Waals surface area (Å²) in [5.74, 6) is 0.948. The van der Waals surface area contributed by atoms with Gasteiger partial charge in [0.2, 0.25) is 5.91 Å². The number of nitrogens with one attached hydrogen (secondary N) is 1. The summed E-state index contributed by atoms with van der Waals surface area (Å²) >= 11 is 0. The number of aromatic nitrogens is 5. The van der Waals surface area contributed by atoms with E-state index >= 15 is 0 Å². The number of hydrogen-bond donors (Lipinski definition) is 2. The van der Waals surface area contributed by atoms with Gasteiger partial charge in [-0.25, -0.2) is 14.6 Å². The van der Waals surface area contributed by atoms with E-state index in [-0.39, 0.29) is 43.3 Å². The highest BCUT2D eigenvalue weighted by atomic mass is 35.5. The number of carbonyl (C=O) groups is 1. The molecular weight excluding hydrogens is 429 g/mol. The molecule has 0 saturated carbocycles. The Morgan fingerprint density at radius 2 is 2.00 bits per heavy atom. The molecule has 3 N–H and O–H groups in total. The summed E-state index contributed by atoms with van der Waals surface area (Å²) in [7, 11) is 1.65. The van der Waals surface area contributed by atoms with Gasteiger partial charge in [-0.2, -0.15) is 5.10 Å². The van der Waals surface area contributed by atoms with Gasteiger partial charge in [-0.1, -0.05) is 30.3 Å². The molecule has 0 aliphatic carbocycles. The van der Waals surface area contributed by atoms with E-state index < -0.39 is 0 Å². The van der Waals surface area contributed by atoms with Crippen LogP contribution in [-0.4, -0.2) is 43.9 Å². The molecule has 2 aromatic heterocycles. The van der Waals surface area contributed by atoms with Crippen LogP contribution in [0.2, 0.25) is 0 Å². The lowest BCUT2D eigenvalue weighted by molar-refractivity contribution is -0.122. The van der Waals surface area contributed by atoms with Crippen LogP contribution < -0.4 is 11.1 Å². The van der Waals surface area contributed by atoms with Crippen LogP contribution in [0, 0.1) is 0 Å². The van der Waals surface area contributed by atoms with Crippen molar-refractivity contribution in [3.63, 3.8) is 0 Å². The molecule has 2 heterocycles. The van der Waals surface area contributed by atoms with E-state index in [0.717, 1.165) is 11.3 Å². The zero-order valence-electron chi connectivity index (χ0n) is 16.9. The highest BCUT2D eigenvalue weighted by Crippen LogP contribution is 2.17. The van der Waals surface area contributed by atoms with Gasteiger partial charge in [-0.15, -0.1) is 24.8 Å². The van der Waals surface area contributed by atoms with E-state index in [2.05, 4.69) is 20.4 Å². The molecule has 0 aliphatic rings. The zero-order valence-corrected chi connectivity index (χ0v) is 18.5. The van der Waals surface area contributed by atoms with Crippen molar-refractivity contribution >= 4 is 30.7 Å². The van der Waals surface area contributed by atoms with Crippen LogP contribution in [0.5, 0.6) is 0 Å². The van der Waals surface area contributed by atoms with Crippen molar-refractivity contribution in [2.45, 2.75) is 32.6 Å². The number of nitrogens with zero attached hydrogens (tertiary/aromatic N) is 5. The van der Waals surface area contributed by atoms with Gasteiger partial charge in [-0.3, -0.25) is 4.79 Å². The number of ether oxygens (including phenoxy) is 1. The molecule has 3 aromatic rings. The molecule has 0 saturated heterocycles. The molecule has 0 aliphatic heterocycles. The minimum Gasteiger partial charge on any atom is -0.383 e.